The van der Waals surface area contributed by atoms with Gasteiger partial charge in [0, 0.05) is 25.7 Å². The molecule has 1 amide bonds. The maximum Gasteiger partial charge on any atom is 0.269 e. The van der Waals surface area contributed by atoms with Crippen molar-refractivity contribution >= 4 is 22.6 Å². The number of aromatic nitrogens is 3. The van der Waals surface area contributed by atoms with Crippen LogP contribution in [-0.4, -0.2) is 40.0 Å². The number of nitrogens with zero attached hydrogens (tertiary/aromatic N) is 2. The van der Waals surface area contributed by atoms with Gasteiger partial charge in [0.05, 0.1) is 22.9 Å². The van der Waals surface area contributed by atoms with E-state index in [1.807, 2.05) is 24.3 Å². The van der Waals surface area contributed by atoms with Crippen molar-refractivity contribution in [1.82, 2.24) is 25.6 Å². The van der Waals surface area contributed by atoms with Gasteiger partial charge >= 0.3 is 0 Å². The van der Waals surface area contributed by atoms with E-state index >= 15 is 0 Å². The summed E-state index contributed by atoms with van der Waals surface area (Å²) in [6, 6.07) is 10.4. The highest BCUT2D eigenvalue weighted by Gasteiger charge is 2.28. The molecule has 0 bridgehead atoms. The fraction of sp³-hybridized carbons (Fsp3) is 0.333. The number of pyridine rings is 1. The average molecular weight is 392 g/mol. The molecule has 1 aliphatic rings. The minimum atomic E-state index is -0.187. The first-order chi connectivity index (χ1) is 14.0. The number of aromatic amines is 1. The number of amides is 1. The molecule has 8 nitrogen and oxygen atoms in total. The third kappa shape index (κ3) is 4.27. The standard InChI is InChI=1S/C21H24N6O2/c1-12-20(28)27-19-7-13(3-5-17(19)25-12)10-23-15-8-16(9-15)26-14-4-6-18(24-11-14)21(29)22-2/h3-7,11,15-16,23,26H,8-10H2,1-2H3,(H,22,29)(H,27,28). The predicted molar refractivity (Wildman–Crippen MR) is 112 cm³/mol. The van der Waals surface area contributed by atoms with Crippen LogP contribution >= 0.6 is 0 Å². The van der Waals surface area contributed by atoms with Gasteiger partial charge < -0.3 is 20.9 Å². The smallest absolute Gasteiger partial charge is 0.269 e. The molecule has 4 N–H and O–H groups in total. The maximum absolute atomic E-state index is 11.8. The predicted octanol–water partition coefficient (Wildman–Crippen LogP) is 1.72. The van der Waals surface area contributed by atoms with Crippen LogP contribution in [0.5, 0.6) is 0 Å². The van der Waals surface area contributed by atoms with E-state index < -0.39 is 0 Å². The summed E-state index contributed by atoms with van der Waals surface area (Å²) in [4.78, 5) is 34.6. The molecule has 0 spiro atoms. The first kappa shape index (κ1) is 19.1. The van der Waals surface area contributed by atoms with Gasteiger partial charge in [-0.05, 0) is 49.6 Å². The van der Waals surface area contributed by atoms with Crippen molar-refractivity contribution < 1.29 is 4.79 Å². The van der Waals surface area contributed by atoms with Crippen LogP contribution in [0.3, 0.4) is 0 Å². The van der Waals surface area contributed by atoms with Crippen LogP contribution in [0.2, 0.25) is 0 Å². The lowest BCUT2D eigenvalue weighted by atomic mass is 9.86. The molecule has 2 heterocycles. The van der Waals surface area contributed by atoms with Gasteiger partial charge in [-0.15, -0.1) is 0 Å². The number of hydrogen-bond acceptors (Lipinski definition) is 6. The SMILES string of the molecule is CNC(=O)c1ccc(NC2CC(NCc3ccc4nc(C)c(=O)[nH]c4c3)C2)cn1. The number of benzene rings is 1. The molecule has 0 saturated heterocycles. The lowest BCUT2D eigenvalue weighted by molar-refractivity contribution is 0.0958. The highest BCUT2D eigenvalue weighted by atomic mass is 16.1. The van der Waals surface area contributed by atoms with E-state index in [0.29, 0.717) is 23.5 Å². The summed E-state index contributed by atoms with van der Waals surface area (Å²) in [5.41, 5.74) is 4.35. The fourth-order valence-corrected chi connectivity index (χ4v) is 3.48. The monoisotopic (exact) mass is 392 g/mol. The number of hydrogen-bond donors (Lipinski definition) is 4. The van der Waals surface area contributed by atoms with Crippen molar-refractivity contribution in [1.29, 1.82) is 0 Å². The number of nitrogens with one attached hydrogen (secondary N) is 4. The first-order valence-corrected chi connectivity index (χ1v) is 9.69. The summed E-state index contributed by atoms with van der Waals surface area (Å²) in [6.45, 7) is 2.45. The van der Waals surface area contributed by atoms with Crippen LogP contribution in [0.1, 0.15) is 34.6 Å². The zero-order valence-corrected chi connectivity index (χ0v) is 16.5. The number of carbonyl (C=O) groups excluding carboxylic acids is 1. The van der Waals surface area contributed by atoms with Crippen molar-refractivity contribution in [2.75, 3.05) is 12.4 Å². The molecule has 150 valence electrons. The Morgan fingerprint density at radius 2 is 2.03 bits per heavy atom. The Hall–Kier alpha value is -3.26. The van der Waals surface area contributed by atoms with Crippen molar-refractivity contribution in [3.05, 3.63) is 63.8 Å². The summed E-state index contributed by atoms with van der Waals surface area (Å²) in [5.74, 6) is -0.187. The molecule has 2 aromatic heterocycles. The molecular weight excluding hydrogens is 368 g/mol. The van der Waals surface area contributed by atoms with Crippen LogP contribution in [0.4, 0.5) is 5.69 Å². The Labute approximate surface area is 168 Å². The van der Waals surface area contributed by atoms with E-state index in [0.717, 1.165) is 41.7 Å². The van der Waals surface area contributed by atoms with Gasteiger partial charge in [-0.1, -0.05) is 6.07 Å². The van der Waals surface area contributed by atoms with E-state index in [9.17, 15) is 9.59 Å². The maximum atomic E-state index is 11.8. The normalized spacial score (nSPS) is 18.3. The molecule has 0 radical (unpaired) electrons. The quantitative estimate of drug-likeness (QED) is 0.508. The summed E-state index contributed by atoms with van der Waals surface area (Å²) < 4.78 is 0. The van der Waals surface area contributed by atoms with E-state index in [1.165, 1.54) is 0 Å². The second-order valence-corrected chi connectivity index (χ2v) is 7.40. The molecular formula is C21H24N6O2. The Balaban J connectivity index is 1.27. The molecule has 0 unspecified atom stereocenters. The van der Waals surface area contributed by atoms with Crippen molar-refractivity contribution in [3.63, 3.8) is 0 Å². The molecule has 1 fully saturated rings. The van der Waals surface area contributed by atoms with Crippen LogP contribution < -0.4 is 21.5 Å². The molecule has 29 heavy (non-hydrogen) atoms. The van der Waals surface area contributed by atoms with Gasteiger partial charge in [0.15, 0.2) is 0 Å². The van der Waals surface area contributed by atoms with Crippen molar-refractivity contribution in [2.24, 2.45) is 0 Å². The van der Waals surface area contributed by atoms with Crippen LogP contribution in [0.25, 0.3) is 11.0 Å². The third-order valence-corrected chi connectivity index (χ3v) is 5.25. The second kappa shape index (κ2) is 8.00. The average Bonchev–Trinajstić information content (AvgIpc) is 2.70. The fourth-order valence-electron chi connectivity index (χ4n) is 3.48. The molecule has 3 aromatic rings. The van der Waals surface area contributed by atoms with Gasteiger partial charge in [0.25, 0.3) is 11.5 Å². The van der Waals surface area contributed by atoms with Crippen LogP contribution in [0.15, 0.2) is 41.3 Å². The molecule has 1 saturated carbocycles. The molecule has 1 aromatic carbocycles. The Kier molecular flexibility index (Phi) is 5.26. The Morgan fingerprint density at radius 1 is 1.21 bits per heavy atom. The van der Waals surface area contributed by atoms with Crippen LogP contribution in [0, 0.1) is 6.92 Å². The van der Waals surface area contributed by atoms with Crippen molar-refractivity contribution in [3.8, 4) is 0 Å². The Bertz CT molecular complexity index is 1090. The minimum Gasteiger partial charge on any atom is -0.381 e. The van der Waals surface area contributed by atoms with Crippen molar-refractivity contribution in [2.45, 2.75) is 38.4 Å². The first-order valence-electron chi connectivity index (χ1n) is 9.69. The zero-order chi connectivity index (χ0) is 20.4. The summed E-state index contributed by atoms with van der Waals surface area (Å²) in [5, 5.41) is 9.56. The molecule has 1 aliphatic carbocycles. The number of aryl methyl sites for hydroxylation is 1. The van der Waals surface area contributed by atoms with Gasteiger partial charge in [0.2, 0.25) is 0 Å². The van der Waals surface area contributed by atoms with E-state index in [4.69, 9.17) is 0 Å². The largest absolute Gasteiger partial charge is 0.381 e. The van der Waals surface area contributed by atoms with Gasteiger partial charge in [-0.2, -0.15) is 0 Å². The number of fused-ring (bicyclic) bond motifs is 1. The lowest BCUT2D eigenvalue weighted by Crippen LogP contribution is -2.47. The highest BCUT2D eigenvalue weighted by molar-refractivity contribution is 5.92. The Morgan fingerprint density at radius 3 is 2.76 bits per heavy atom. The van der Waals surface area contributed by atoms with E-state index in [2.05, 4.69) is 30.9 Å². The second-order valence-electron chi connectivity index (χ2n) is 7.40. The number of carbonyl (C=O) groups is 1. The third-order valence-electron chi connectivity index (χ3n) is 5.25. The minimum absolute atomic E-state index is 0.145. The molecule has 4 rings (SSSR count). The highest BCUT2D eigenvalue weighted by Crippen LogP contribution is 2.24. The molecule has 0 aliphatic heterocycles. The molecule has 8 heteroatoms. The molecule has 0 atom stereocenters. The van der Waals surface area contributed by atoms with Gasteiger partial charge in [-0.25, -0.2) is 9.97 Å². The summed E-state index contributed by atoms with van der Waals surface area (Å²) in [6.07, 6.45) is 3.72. The summed E-state index contributed by atoms with van der Waals surface area (Å²) in [7, 11) is 1.59. The summed E-state index contributed by atoms with van der Waals surface area (Å²) >= 11 is 0. The lowest BCUT2D eigenvalue weighted by Gasteiger charge is -2.37. The van der Waals surface area contributed by atoms with Crippen LogP contribution in [-0.2, 0) is 6.54 Å². The van der Waals surface area contributed by atoms with E-state index in [1.54, 1.807) is 26.2 Å². The topological polar surface area (TPSA) is 112 Å². The number of rotatable bonds is 6. The number of anilines is 1. The van der Waals surface area contributed by atoms with Gasteiger partial charge in [0.1, 0.15) is 11.4 Å². The zero-order valence-electron chi connectivity index (χ0n) is 16.5. The van der Waals surface area contributed by atoms with E-state index in [-0.39, 0.29) is 11.5 Å². The number of H-pyrrole nitrogens is 1. The van der Waals surface area contributed by atoms with Gasteiger partial charge in [-0.3, -0.25) is 9.59 Å².